The summed E-state index contributed by atoms with van der Waals surface area (Å²) in [5.41, 5.74) is 7.88. The normalized spacial score (nSPS) is 23.7. The van der Waals surface area contributed by atoms with Gasteiger partial charge in [-0.15, -0.1) is 0 Å². The van der Waals surface area contributed by atoms with Gasteiger partial charge in [0.1, 0.15) is 0 Å². The van der Waals surface area contributed by atoms with Crippen molar-refractivity contribution in [1.29, 1.82) is 0 Å². The standard InChI is InChI=1S/C16H22N2/c1-13-10-18(11-14(13)2)12-16-7-4-3-6-15(16)8-5-9-17/h3-4,6-7,13-14H,9-12,17H2,1-2H3. The van der Waals surface area contributed by atoms with Gasteiger partial charge in [-0.2, -0.15) is 0 Å². The summed E-state index contributed by atoms with van der Waals surface area (Å²) in [6.45, 7) is 8.49. The Morgan fingerprint density at radius 3 is 2.56 bits per heavy atom. The molecular formula is C16H22N2. The van der Waals surface area contributed by atoms with Crippen LogP contribution in [0.15, 0.2) is 24.3 Å². The molecule has 2 N–H and O–H groups in total. The Hall–Kier alpha value is -1.30. The summed E-state index contributed by atoms with van der Waals surface area (Å²) < 4.78 is 0. The van der Waals surface area contributed by atoms with Crippen LogP contribution in [0.5, 0.6) is 0 Å². The molecule has 2 unspecified atom stereocenters. The van der Waals surface area contributed by atoms with E-state index in [0.29, 0.717) is 6.54 Å². The molecule has 1 fully saturated rings. The lowest BCUT2D eigenvalue weighted by molar-refractivity contribution is 0.316. The van der Waals surface area contributed by atoms with Gasteiger partial charge in [0.15, 0.2) is 0 Å². The first-order valence-electron chi connectivity index (χ1n) is 6.70. The lowest BCUT2D eigenvalue weighted by Crippen LogP contribution is -2.20. The van der Waals surface area contributed by atoms with Crippen molar-refractivity contribution in [3.63, 3.8) is 0 Å². The van der Waals surface area contributed by atoms with Crippen molar-refractivity contribution in [3.8, 4) is 11.8 Å². The molecule has 1 saturated heterocycles. The van der Waals surface area contributed by atoms with Crippen molar-refractivity contribution in [1.82, 2.24) is 4.90 Å². The van der Waals surface area contributed by atoms with Gasteiger partial charge in [0, 0.05) is 25.2 Å². The summed E-state index contributed by atoms with van der Waals surface area (Å²) in [6, 6.07) is 8.39. The summed E-state index contributed by atoms with van der Waals surface area (Å²) >= 11 is 0. The van der Waals surface area contributed by atoms with Crippen molar-refractivity contribution >= 4 is 0 Å². The summed E-state index contributed by atoms with van der Waals surface area (Å²) in [5, 5.41) is 0. The summed E-state index contributed by atoms with van der Waals surface area (Å²) in [5.74, 6) is 7.71. The van der Waals surface area contributed by atoms with Crippen molar-refractivity contribution in [2.24, 2.45) is 17.6 Å². The van der Waals surface area contributed by atoms with Crippen LogP contribution in [0.1, 0.15) is 25.0 Å². The lowest BCUT2D eigenvalue weighted by atomic mass is 10.0. The van der Waals surface area contributed by atoms with Gasteiger partial charge in [0.25, 0.3) is 0 Å². The summed E-state index contributed by atoms with van der Waals surface area (Å²) in [7, 11) is 0. The van der Waals surface area contributed by atoms with Gasteiger partial charge in [-0.1, -0.05) is 43.9 Å². The van der Waals surface area contributed by atoms with Gasteiger partial charge in [-0.3, -0.25) is 4.90 Å². The van der Waals surface area contributed by atoms with Crippen LogP contribution in [0.4, 0.5) is 0 Å². The molecule has 18 heavy (non-hydrogen) atoms. The summed E-state index contributed by atoms with van der Waals surface area (Å²) in [6.07, 6.45) is 0. The van der Waals surface area contributed by atoms with E-state index in [1.165, 1.54) is 18.7 Å². The second-order valence-electron chi connectivity index (χ2n) is 5.31. The number of rotatable bonds is 2. The average Bonchev–Trinajstić information content (AvgIpc) is 2.67. The molecule has 0 bridgehead atoms. The predicted molar refractivity (Wildman–Crippen MR) is 76.0 cm³/mol. The molecule has 2 atom stereocenters. The molecule has 1 aliphatic heterocycles. The van der Waals surface area contributed by atoms with E-state index in [4.69, 9.17) is 5.73 Å². The molecule has 0 spiro atoms. The molecule has 2 rings (SSSR count). The van der Waals surface area contributed by atoms with Gasteiger partial charge in [0.05, 0.1) is 6.54 Å². The molecule has 1 heterocycles. The third-order valence-corrected chi connectivity index (χ3v) is 3.80. The third kappa shape index (κ3) is 3.13. The van der Waals surface area contributed by atoms with E-state index >= 15 is 0 Å². The molecule has 0 aromatic heterocycles. The van der Waals surface area contributed by atoms with Crippen LogP contribution in [0.2, 0.25) is 0 Å². The van der Waals surface area contributed by atoms with E-state index in [0.717, 1.165) is 23.9 Å². The highest BCUT2D eigenvalue weighted by Crippen LogP contribution is 2.24. The first-order chi connectivity index (χ1) is 8.70. The van der Waals surface area contributed by atoms with Crippen LogP contribution in [-0.2, 0) is 6.54 Å². The Bertz CT molecular complexity index is 446. The molecule has 0 saturated carbocycles. The van der Waals surface area contributed by atoms with Gasteiger partial charge < -0.3 is 5.73 Å². The maximum atomic E-state index is 5.44. The topological polar surface area (TPSA) is 29.3 Å². The first-order valence-corrected chi connectivity index (χ1v) is 6.70. The highest BCUT2D eigenvalue weighted by atomic mass is 15.1. The molecular weight excluding hydrogens is 220 g/mol. The molecule has 1 aromatic rings. The predicted octanol–water partition coefficient (Wildman–Crippen LogP) is 2.08. The molecule has 0 radical (unpaired) electrons. The first kappa shape index (κ1) is 13.1. The number of nitrogens with zero attached hydrogens (tertiary/aromatic N) is 1. The molecule has 0 amide bonds. The fourth-order valence-electron chi connectivity index (χ4n) is 2.55. The van der Waals surface area contributed by atoms with Crippen LogP contribution in [0, 0.1) is 23.7 Å². The van der Waals surface area contributed by atoms with Crippen LogP contribution < -0.4 is 5.73 Å². The second kappa shape index (κ2) is 6.04. The number of likely N-dealkylation sites (tertiary alicyclic amines) is 1. The average molecular weight is 242 g/mol. The molecule has 0 aliphatic carbocycles. The minimum atomic E-state index is 0.423. The van der Waals surface area contributed by atoms with E-state index in [-0.39, 0.29) is 0 Å². The Morgan fingerprint density at radius 1 is 1.22 bits per heavy atom. The molecule has 96 valence electrons. The van der Waals surface area contributed by atoms with Crippen LogP contribution in [-0.4, -0.2) is 24.5 Å². The zero-order valence-corrected chi connectivity index (χ0v) is 11.3. The molecule has 2 heteroatoms. The Balaban J connectivity index is 2.10. The highest BCUT2D eigenvalue weighted by molar-refractivity contribution is 5.41. The van der Waals surface area contributed by atoms with Crippen LogP contribution in [0.25, 0.3) is 0 Å². The minimum Gasteiger partial charge on any atom is -0.320 e. The SMILES string of the molecule is CC1CN(Cc2ccccc2C#CCN)CC1C. The van der Waals surface area contributed by atoms with Crippen molar-refractivity contribution in [2.45, 2.75) is 20.4 Å². The van der Waals surface area contributed by atoms with Crippen molar-refractivity contribution in [3.05, 3.63) is 35.4 Å². The fraction of sp³-hybridized carbons (Fsp3) is 0.500. The van der Waals surface area contributed by atoms with E-state index < -0.39 is 0 Å². The largest absolute Gasteiger partial charge is 0.320 e. The van der Waals surface area contributed by atoms with E-state index in [1.807, 2.05) is 6.07 Å². The third-order valence-electron chi connectivity index (χ3n) is 3.80. The smallest absolute Gasteiger partial charge is 0.0555 e. The van der Waals surface area contributed by atoms with Crippen molar-refractivity contribution < 1.29 is 0 Å². The minimum absolute atomic E-state index is 0.423. The van der Waals surface area contributed by atoms with Crippen LogP contribution in [0.3, 0.4) is 0 Å². The highest BCUT2D eigenvalue weighted by Gasteiger charge is 2.25. The van der Waals surface area contributed by atoms with Gasteiger partial charge in [-0.05, 0) is 23.5 Å². The zero-order valence-electron chi connectivity index (χ0n) is 11.3. The maximum absolute atomic E-state index is 5.44. The summed E-state index contributed by atoms with van der Waals surface area (Å²) in [4.78, 5) is 2.53. The van der Waals surface area contributed by atoms with Gasteiger partial charge in [0.2, 0.25) is 0 Å². The monoisotopic (exact) mass is 242 g/mol. The maximum Gasteiger partial charge on any atom is 0.0555 e. The molecule has 2 nitrogen and oxygen atoms in total. The number of hydrogen-bond acceptors (Lipinski definition) is 2. The zero-order chi connectivity index (χ0) is 13.0. The quantitative estimate of drug-likeness (QED) is 0.805. The fourth-order valence-corrected chi connectivity index (χ4v) is 2.55. The van der Waals surface area contributed by atoms with Crippen molar-refractivity contribution in [2.75, 3.05) is 19.6 Å². The number of hydrogen-bond donors (Lipinski definition) is 1. The Morgan fingerprint density at radius 2 is 1.89 bits per heavy atom. The Kier molecular flexibility index (Phi) is 4.41. The van der Waals surface area contributed by atoms with Gasteiger partial charge in [-0.25, -0.2) is 0 Å². The second-order valence-corrected chi connectivity index (χ2v) is 5.31. The molecule has 1 aliphatic rings. The number of nitrogens with two attached hydrogens (primary N) is 1. The molecule has 1 aromatic carbocycles. The number of benzene rings is 1. The van der Waals surface area contributed by atoms with E-state index in [9.17, 15) is 0 Å². The van der Waals surface area contributed by atoms with E-state index in [2.05, 4.69) is 48.8 Å². The lowest BCUT2D eigenvalue weighted by Gasteiger charge is -2.16. The van der Waals surface area contributed by atoms with Gasteiger partial charge >= 0.3 is 0 Å². The van der Waals surface area contributed by atoms with Crippen LogP contribution >= 0.6 is 0 Å². The van der Waals surface area contributed by atoms with E-state index in [1.54, 1.807) is 0 Å². The Labute approximate surface area is 110 Å².